The summed E-state index contributed by atoms with van der Waals surface area (Å²) < 4.78 is 15.6. The highest BCUT2D eigenvalue weighted by Crippen LogP contribution is 2.21. The van der Waals surface area contributed by atoms with Crippen LogP contribution in [0.2, 0.25) is 0 Å². The Labute approximate surface area is 143 Å². The van der Waals surface area contributed by atoms with Crippen molar-refractivity contribution in [2.45, 2.75) is 26.4 Å². The summed E-state index contributed by atoms with van der Waals surface area (Å²) in [6.45, 7) is 5.05. The van der Waals surface area contributed by atoms with Gasteiger partial charge in [0.1, 0.15) is 16.3 Å². The highest BCUT2D eigenvalue weighted by molar-refractivity contribution is 7.17. The molecule has 0 radical (unpaired) electrons. The van der Waals surface area contributed by atoms with Gasteiger partial charge in [-0.2, -0.15) is 0 Å². The molecule has 4 rings (SSSR count). The molecule has 0 N–H and O–H groups in total. The predicted octanol–water partition coefficient (Wildman–Crippen LogP) is 2.96. The second-order valence-corrected chi connectivity index (χ2v) is 7.11. The van der Waals surface area contributed by atoms with Crippen molar-refractivity contribution in [1.29, 1.82) is 0 Å². The lowest BCUT2D eigenvalue weighted by molar-refractivity contribution is 0.271. The number of hydrogen-bond acceptors (Lipinski definition) is 4. The molecule has 0 saturated carbocycles. The van der Waals surface area contributed by atoms with E-state index in [1.165, 1.54) is 23.5 Å². The van der Waals surface area contributed by atoms with Gasteiger partial charge in [0.25, 0.3) is 5.56 Å². The van der Waals surface area contributed by atoms with Gasteiger partial charge in [-0.3, -0.25) is 14.3 Å². The molecule has 24 heavy (non-hydrogen) atoms. The summed E-state index contributed by atoms with van der Waals surface area (Å²) in [6, 6.07) is 6.62. The average molecular weight is 343 g/mol. The van der Waals surface area contributed by atoms with Crippen LogP contribution in [0.5, 0.6) is 0 Å². The van der Waals surface area contributed by atoms with E-state index in [1.807, 2.05) is 29.0 Å². The summed E-state index contributed by atoms with van der Waals surface area (Å²) in [7, 11) is 0. The van der Waals surface area contributed by atoms with Crippen molar-refractivity contribution in [3.63, 3.8) is 0 Å². The standard InChI is InChI=1S/C18H18FN3OS/c1-12-11-24-17-16(12)20-15-6-7-21(8-9-22(15)18(17)23)10-13-2-4-14(19)5-3-13/h2-5,11H,6-10H2,1H3. The summed E-state index contributed by atoms with van der Waals surface area (Å²) >= 11 is 1.48. The van der Waals surface area contributed by atoms with Crippen LogP contribution in [0.4, 0.5) is 4.39 Å². The van der Waals surface area contributed by atoms with Crippen LogP contribution < -0.4 is 5.56 Å². The first-order chi connectivity index (χ1) is 11.6. The van der Waals surface area contributed by atoms with E-state index in [-0.39, 0.29) is 11.4 Å². The van der Waals surface area contributed by atoms with Gasteiger partial charge in [0.2, 0.25) is 0 Å². The molecule has 1 aliphatic rings. The van der Waals surface area contributed by atoms with E-state index in [9.17, 15) is 9.18 Å². The molecule has 0 fully saturated rings. The highest BCUT2D eigenvalue weighted by atomic mass is 32.1. The van der Waals surface area contributed by atoms with Crippen molar-refractivity contribution in [2.24, 2.45) is 0 Å². The lowest BCUT2D eigenvalue weighted by Gasteiger charge is -2.19. The number of fused-ring (bicyclic) bond motifs is 2. The number of thiophene rings is 1. The maximum atomic E-state index is 13.0. The lowest BCUT2D eigenvalue weighted by Crippen LogP contribution is -2.28. The summed E-state index contributed by atoms with van der Waals surface area (Å²) in [6.07, 6.45) is 0.752. The van der Waals surface area contributed by atoms with Gasteiger partial charge >= 0.3 is 0 Å². The molecule has 6 heteroatoms. The Bertz CT molecular complexity index is 945. The van der Waals surface area contributed by atoms with Gasteiger partial charge in [-0.05, 0) is 35.6 Å². The van der Waals surface area contributed by atoms with E-state index in [2.05, 4.69) is 4.90 Å². The average Bonchev–Trinajstić information content (AvgIpc) is 2.82. The Morgan fingerprint density at radius 1 is 1.21 bits per heavy atom. The van der Waals surface area contributed by atoms with Gasteiger partial charge in [0.05, 0.1) is 5.52 Å². The molecule has 2 aromatic heterocycles. The molecule has 0 atom stereocenters. The van der Waals surface area contributed by atoms with Crippen molar-refractivity contribution in [3.05, 3.63) is 62.8 Å². The van der Waals surface area contributed by atoms with E-state index in [0.29, 0.717) is 6.54 Å². The number of aryl methyl sites for hydroxylation is 1. The first kappa shape index (κ1) is 15.5. The van der Waals surface area contributed by atoms with Crippen molar-refractivity contribution in [1.82, 2.24) is 14.5 Å². The Morgan fingerprint density at radius 2 is 2.00 bits per heavy atom. The summed E-state index contributed by atoms with van der Waals surface area (Å²) in [5, 5.41) is 2.00. The van der Waals surface area contributed by atoms with E-state index in [1.54, 1.807) is 0 Å². The number of rotatable bonds is 2. The van der Waals surface area contributed by atoms with E-state index in [4.69, 9.17) is 4.98 Å². The van der Waals surface area contributed by atoms with Gasteiger partial charge in [-0.15, -0.1) is 11.3 Å². The van der Waals surface area contributed by atoms with Crippen LogP contribution in [-0.4, -0.2) is 27.5 Å². The van der Waals surface area contributed by atoms with Crippen molar-refractivity contribution in [2.75, 3.05) is 13.1 Å². The Kier molecular flexibility index (Phi) is 3.94. The second kappa shape index (κ2) is 6.11. The molecule has 124 valence electrons. The van der Waals surface area contributed by atoms with Crippen molar-refractivity contribution >= 4 is 21.6 Å². The Morgan fingerprint density at radius 3 is 2.79 bits per heavy atom. The molecule has 3 heterocycles. The first-order valence-electron chi connectivity index (χ1n) is 8.06. The molecule has 0 bridgehead atoms. The summed E-state index contributed by atoms with van der Waals surface area (Å²) in [5.41, 5.74) is 3.09. The Balaban J connectivity index is 1.59. The van der Waals surface area contributed by atoms with Crippen LogP contribution in [0.3, 0.4) is 0 Å². The zero-order valence-electron chi connectivity index (χ0n) is 13.5. The monoisotopic (exact) mass is 343 g/mol. The molecule has 0 spiro atoms. The van der Waals surface area contributed by atoms with Gasteiger partial charge < -0.3 is 0 Å². The van der Waals surface area contributed by atoms with E-state index in [0.717, 1.165) is 53.2 Å². The summed E-state index contributed by atoms with van der Waals surface area (Å²) in [4.78, 5) is 19.8. The van der Waals surface area contributed by atoms with Crippen molar-refractivity contribution < 1.29 is 4.39 Å². The maximum absolute atomic E-state index is 13.0. The number of halogens is 1. The second-order valence-electron chi connectivity index (χ2n) is 6.23. The van der Waals surface area contributed by atoms with Crippen LogP contribution in [0.1, 0.15) is 17.0 Å². The minimum atomic E-state index is -0.215. The van der Waals surface area contributed by atoms with Gasteiger partial charge in [0.15, 0.2) is 0 Å². The van der Waals surface area contributed by atoms with Crippen LogP contribution in [0.15, 0.2) is 34.4 Å². The largest absolute Gasteiger partial charge is 0.297 e. The summed E-state index contributed by atoms with van der Waals surface area (Å²) in [5.74, 6) is 0.656. The zero-order chi connectivity index (χ0) is 16.7. The molecule has 0 unspecified atom stereocenters. The number of benzene rings is 1. The predicted molar refractivity (Wildman–Crippen MR) is 94.0 cm³/mol. The third-order valence-electron chi connectivity index (χ3n) is 4.54. The smallest absolute Gasteiger partial charge is 0.271 e. The van der Waals surface area contributed by atoms with Crippen LogP contribution in [0.25, 0.3) is 10.2 Å². The van der Waals surface area contributed by atoms with Gasteiger partial charge in [-0.1, -0.05) is 12.1 Å². The minimum absolute atomic E-state index is 0.0803. The molecule has 0 saturated heterocycles. The molecule has 4 nitrogen and oxygen atoms in total. The van der Waals surface area contributed by atoms with Gasteiger partial charge in [0, 0.05) is 32.6 Å². The minimum Gasteiger partial charge on any atom is -0.297 e. The van der Waals surface area contributed by atoms with E-state index >= 15 is 0 Å². The quantitative estimate of drug-likeness (QED) is 0.718. The normalized spacial score (nSPS) is 15.4. The third-order valence-corrected chi connectivity index (χ3v) is 5.62. The molecular formula is C18H18FN3OS. The molecule has 1 aliphatic heterocycles. The Hall–Kier alpha value is -2.05. The molecule has 0 aliphatic carbocycles. The van der Waals surface area contributed by atoms with Crippen molar-refractivity contribution in [3.8, 4) is 0 Å². The van der Waals surface area contributed by atoms with Crippen LogP contribution >= 0.6 is 11.3 Å². The fourth-order valence-corrected chi connectivity index (χ4v) is 4.13. The number of nitrogens with zero attached hydrogens (tertiary/aromatic N) is 3. The highest BCUT2D eigenvalue weighted by Gasteiger charge is 2.19. The fourth-order valence-electron chi connectivity index (χ4n) is 3.20. The van der Waals surface area contributed by atoms with Crippen LogP contribution in [-0.2, 0) is 19.5 Å². The number of hydrogen-bond donors (Lipinski definition) is 0. The number of aromatic nitrogens is 2. The van der Waals surface area contributed by atoms with E-state index < -0.39 is 0 Å². The van der Waals surface area contributed by atoms with Gasteiger partial charge in [-0.25, -0.2) is 9.37 Å². The maximum Gasteiger partial charge on any atom is 0.271 e. The lowest BCUT2D eigenvalue weighted by atomic mass is 10.2. The SMILES string of the molecule is Cc1csc2c(=O)n3c(nc12)CCN(Cc1ccc(F)cc1)CC3. The zero-order valence-corrected chi connectivity index (χ0v) is 14.3. The first-order valence-corrected chi connectivity index (χ1v) is 8.94. The fraction of sp³-hybridized carbons (Fsp3) is 0.333. The molecular weight excluding hydrogens is 325 g/mol. The molecule has 3 aromatic rings. The molecule has 0 amide bonds. The molecule has 1 aromatic carbocycles. The topological polar surface area (TPSA) is 38.1 Å². The van der Waals surface area contributed by atoms with Crippen LogP contribution in [0, 0.1) is 12.7 Å². The third kappa shape index (κ3) is 2.76.